The van der Waals surface area contributed by atoms with Crippen LogP contribution in [0.1, 0.15) is 25.0 Å². The lowest BCUT2D eigenvalue weighted by Crippen LogP contribution is -2.41. The molecule has 1 saturated heterocycles. The van der Waals surface area contributed by atoms with Gasteiger partial charge < -0.3 is 20.3 Å². The van der Waals surface area contributed by atoms with Crippen molar-refractivity contribution in [3.05, 3.63) is 72.2 Å². The normalized spacial score (nSPS) is 16.1. The number of hydrogen-bond donors (Lipinski definition) is 2. The molecule has 1 atom stereocenters. The third kappa shape index (κ3) is 7.42. The van der Waals surface area contributed by atoms with E-state index in [2.05, 4.69) is 69.8 Å². The van der Waals surface area contributed by atoms with Crippen molar-refractivity contribution in [1.29, 1.82) is 0 Å². The Morgan fingerprint density at radius 3 is 2.74 bits per heavy atom. The number of aromatic nitrogens is 3. The Balaban J connectivity index is 0.00000324. The van der Waals surface area contributed by atoms with Crippen molar-refractivity contribution in [2.75, 3.05) is 37.7 Å². The maximum absolute atomic E-state index is 5.65. The summed E-state index contributed by atoms with van der Waals surface area (Å²) < 4.78 is 7.51. The third-order valence-corrected chi connectivity index (χ3v) is 5.55. The standard InChI is InChI=1S/C25H33N7O.HI/c1-3-26-25(28-13-9-21-5-7-23(8-6-21)32-14-4-11-30-32)29-18-22-10-12-27-24(17-22)31-15-16-33-20(2)19-31;/h4-8,10-12,14,17,20H,3,9,13,15-16,18-19H2,1-2H3,(H2,26,28,29);1H. The van der Waals surface area contributed by atoms with Crippen molar-refractivity contribution in [1.82, 2.24) is 25.4 Å². The number of pyridine rings is 1. The van der Waals surface area contributed by atoms with Crippen molar-refractivity contribution >= 4 is 35.8 Å². The predicted octanol–water partition coefficient (Wildman–Crippen LogP) is 3.41. The van der Waals surface area contributed by atoms with Gasteiger partial charge in [0.15, 0.2) is 5.96 Å². The lowest BCUT2D eigenvalue weighted by Gasteiger charge is -2.32. The molecule has 3 aromatic rings. The number of hydrogen-bond acceptors (Lipinski definition) is 5. The summed E-state index contributed by atoms with van der Waals surface area (Å²) >= 11 is 0. The molecule has 1 aliphatic heterocycles. The number of morpholine rings is 1. The predicted molar refractivity (Wildman–Crippen MR) is 147 cm³/mol. The molecule has 0 radical (unpaired) electrons. The van der Waals surface area contributed by atoms with Crippen molar-refractivity contribution < 1.29 is 4.74 Å². The SMILES string of the molecule is CCNC(=NCc1ccnc(N2CCOC(C)C2)c1)NCCc1ccc(-n2cccn2)cc1.I. The highest BCUT2D eigenvalue weighted by molar-refractivity contribution is 14.0. The van der Waals surface area contributed by atoms with Gasteiger partial charge in [0.2, 0.25) is 0 Å². The fraction of sp³-hybridized carbons (Fsp3) is 0.400. The summed E-state index contributed by atoms with van der Waals surface area (Å²) in [6.07, 6.45) is 6.75. The zero-order chi connectivity index (χ0) is 22.9. The lowest BCUT2D eigenvalue weighted by atomic mass is 10.1. The number of benzene rings is 1. The largest absolute Gasteiger partial charge is 0.375 e. The molecule has 0 aliphatic carbocycles. The summed E-state index contributed by atoms with van der Waals surface area (Å²) in [5, 5.41) is 11.1. The average Bonchev–Trinajstić information content (AvgIpc) is 3.38. The van der Waals surface area contributed by atoms with Crippen LogP contribution in [-0.2, 0) is 17.7 Å². The van der Waals surface area contributed by atoms with Gasteiger partial charge in [-0.3, -0.25) is 0 Å². The van der Waals surface area contributed by atoms with Crippen LogP contribution in [0.4, 0.5) is 5.82 Å². The Bertz CT molecular complexity index is 1020. The minimum Gasteiger partial charge on any atom is -0.375 e. The minimum absolute atomic E-state index is 0. The molecular formula is C25H34IN7O. The second-order valence-corrected chi connectivity index (χ2v) is 8.14. The molecule has 1 unspecified atom stereocenters. The molecule has 2 aromatic heterocycles. The van der Waals surface area contributed by atoms with E-state index in [4.69, 9.17) is 9.73 Å². The van der Waals surface area contributed by atoms with Gasteiger partial charge in [-0.15, -0.1) is 24.0 Å². The number of guanidine groups is 1. The third-order valence-electron chi connectivity index (χ3n) is 5.55. The van der Waals surface area contributed by atoms with E-state index in [1.165, 1.54) is 5.56 Å². The highest BCUT2D eigenvalue weighted by Gasteiger charge is 2.18. The van der Waals surface area contributed by atoms with Crippen molar-refractivity contribution in [3.63, 3.8) is 0 Å². The van der Waals surface area contributed by atoms with E-state index in [0.717, 1.165) is 62.2 Å². The Kier molecular flexibility index (Phi) is 10.1. The van der Waals surface area contributed by atoms with Crippen LogP contribution in [0.25, 0.3) is 5.69 Å². The van der Waals surface area contributed by atoms with Gasteiger partial charge in [-0.05, 0) is 61.7 Å². The van der Waals surface area contributed by atoms with Gasteiger partial charge in [0.1, 0.15) is 5.82 Å². The van der Waals surface area contributed by atoms with Gasteiger partial charge in [-0.1, -0.05) is 12.1 Å². The molecule has 0 bridgehead atoms. The smallest absolute Gasteiger partial charge is 0.191 e. The Morgan fingerprint density at radius 2 is 2.00 bits per heavy atom. The Hall–Kier alpha value is -2.66. The number of halogens is 1. The van der Waals surface area contributed by atoms with Gasteiger partial charge in [0.05, 0.1) is 24.9 Å². The molecule has 0 amide bonds. The molecule has 1 aromatic carbocycles. The summed E-state index contributed by atoms with van der Waals surface area (Å²) in [7, 11) is 0. The summed E-state index contributed by atoms with van der Waals surface area (Å²) in [6, 6.07) is 14.6. The molecule has 1 fully saturated rings. The molecule has 1 aliphatic rings. The first-order valence-electron chi connectivity index (χ1n) is 11.6. The van der Waals surface area contributed by atoms with Crippen LogP contribution in [0, 0.1) is 0 Å². The molecule has 34 heavy (non-hydrogen) atoms. The first-order chi connectivity index (χ1) is 16.2. The Labute approximate surface area is 218 Å². The molecular weight excluding hydrogens is 541 g/mol. The number of rotatable bonds is 8. The molecule has 0 spiro atoms. The molecule has 9 heteroatoms. The summed E-state index contributed by atoms with van der Waals surface area (Å²) in [5.41, 5.74) is 3.48. The maximum atomic E-state index is 5.65. The second-order valence-electron chi connectivity index (χ2n) is 8.14. The number of anilines is 1. The number of ether oxygens (including phenoxy) is 1. The highest BCUT2D eigenvalue weighted by atomic mass is 127. The first kappa shape index (κ1) is 26.0. The quantitative estimate of drug-likeness (QED) is 0.244. The Morgan fingerprint density at radius 1 is 1.15 bits per heavy atom. The van der Waals surface area contributed by atoms with Crippen LogP contribution < -0.4 is 15.5 Å². The summed E-state index contributed by atoms with van der Waals surface area (Å²) in [4.78, 5) is 11.6. The van der Waals surface area contributed by atoms with E-state index < -0.39 is 0 Å². The topological polar surface area (TPSA) is 79.6 Å². The van der Waals surface area contributed by atoms with Crippen LogP contribution in [0.5, 0.6) is 0 Å². The van der Waals surface area contributed by atoms with Gasteiger partial charge in [-0.25, -0.2) is 14.7 Å². The minimum atomic E-state index is 0. The van der Waals surface area contributed by atoms with Gasteiger partial charge in [0, 0.05) is 44.8 Å². The molecule has 8 nitrogen and oxygen atoms in total. The van der Waals surface area contributed by atoms with E-state index in [1.807, 2.05) is 29.2 Å². The number of nitrogens with one attached hydrogen (secondary N) is 2. The monoisotopic (exact) mass is 575 g/mol. The second kappa shape index (κ2) is 13.3. The lowest BCUT2D eigenvalue weighted by molar-refractivity contribution is 0.0529. The molecule has 3 heterocycles. The van der Waals surface area contributed by atoms with Gasteiger partial charge >= 0.3 is 0 Å². The van der Waals surface area contributed by atoms with E-state index in [9.17, 15) is 0 Å². The fourth-order valence-corrected chi connectivity index (χ4v) is 3.83. The zero-order valence-corrected chi connectivity index (χ0v) is 22.2. The van der Waals surface area contributed by atoms with E-state index in [1.54, 1.807) is 6.20 Å². The van der Waals surface area contributed by atoms with Gasteiger partial charge in [0.25, 0.3) is 0 Å². The van der Waals surface area contributed by atoms with Gasteiger partial charge in [-0.2, -0.15) is 5.10 Å². The molecule has 182 valence electrons. The average molecular weight is 575 g/mol. The number of nitrogens with zero attached hydrogens (tertiary/aromatic N) is 5. The highest BCUT2D eigenvalue weighted by Crippen LogP contribution is 2.17. The van der Waals surface area contributed by atoms with Crippen molar-refractivity contribution in [2.45, 2.75) is 32.9 Å². The van der Waals surface area contributed by atoms with E-state index >= 15 is 0 Å². The van der Waals surface area contributed by atoms with Crippen LogP contribution >= 0.6 is 24.0 Å². The maximum Gasteiger partial charge on any atom is 0.191 e. The summed E-state index contributed by atoms with van der Waals surface area (Å²) in [5.74, 6) is 1.82. The number of aliphatic imine (C=N–C) groups is 1. The van der Waals surface area contributed by atoms with Crippen LogP contribution in [-0.4, -0.2) is 59.6 Å². The first-order valence-corrected chi connectivity index (χ1v) is 11.6. The van der Waals surface area contributed by atoms with Crippen molar-refractivity contribution in [2.24, 2.45) is 4.99 Å². The van der Waals surface area contributed by atoms with E-state index in [0.29, 0.717) is 6.54 Å². The van der Waals surface area contributed by atoms with Crippen molar-refractivity contribution in [3.8, 4) is 5.69 Å². The zero-order valence-electron chi connectivity index (χ0n) is 19.9. The molecule has 2 N–H and O–H groups in total. The van der Waals surface area contributed by atoms with Crippen LogP contribution in [0.2, 0.25) is 0 Å². The van der Waals surface area contributed by atoms with Crippen LogP contribution in [0.3, 0.4) is 0 Å². The molecule has 4 rings (SSSR count). The fourth-order valence-electron chi connectivity index (χ4n) is 3.83. The molecule has 0 saturated carbocycles. The van der Waals surface area contributed by atoms with Crippen LogP contribution in [0.15, 0.2) is 66.0 Å². The summed E-state index contributed by atoms with van der Waals surface area (Å²) in [6.45, 7) is 8.88. The van der Waals surface area contributed by atoms with E-state index in [-0.39, 0.29) is 30.1 Å².